The predicted molar refractivity (Wildman–Crippen MR) is 92.7 cm³/mol. The van der Waals surface area contributed by atoms with Gasteiger partial charge in [0.1, 0.15) is 0 Å². The first-order valence-electron chi connectivity index (χ1n) is 8.18. The van der Waals surface area contributed by atoms with Crippen molar-refractivity contribution in [1.29, 1.82) is 0 Å². The summed E-state index contributed by atoms with van der Waals surface area (Å²) in [5.74, 6) is 0. The van der Waals surface area contributed by atoms with Crippen LogP contribution in [0.3, 0.4) is 0 Å². The molecular formula is C15H35O3PS. The number of hydrogen-bond acceptors (Lipinski definition) is 3. The molecule has 20 heavy (non-hydrogen) atoms. The van der Waals surface area contributed by atoms with Gasteiger partial charge in [0.05, 0.1) is 0 Å². The first-order chi connectivity index (χ1) is 9.26. The van der Waals surface area contributed by atoms with Gasteiger partial charge in [-0.25, -0.2) is 0 Å². The molecule has 3 nitrogen and oxygen atoms in total. The van der Waals surface area contributed by atoms with Gasteiger partial charge in [-0.3, -0.25) is 0 Å². The Labute approximate surface area is 127 Å². The van der Waals surface area contributed by atoms with Crippen molar-refractivity contribution in [2.45, 2.75) is 66.2 Å². The zero-order valence-corrected chi connectivity index (χ0v) is 15.9. The van der Waals surface area contributed by atoms with Gasteiger partial charge in [0.15, 0.2) is 0 Å². The van der Waals surface area contributed by atoms with Crippen molar-refractivity contribution in [2.24, 2.45) is 0 Å². The van der Waals surface area contributed by atoms with Crippen LogP contribution < -0.4 is 0 Å². The summed E-state index contributed by atoms with van der Waals surface area (Å²) in [5, 5.41) is 0. The molecular weight excluding hydrogens is 291 g/mol. The summed E-state index contributed by atoms with van der Waals surface area (Å²) in [6, 6.07) is 0. The van der Waals surface area contributed by atoms with Crippen molar-refractivity contribution in [3.63, 3.8) is 0 Å². The van der Waals surface area contributed by atoms with E-state index in [2.05, 4.69) is 27.7 Å². The van der Waals surface area contributed by atoms with E-state index in [1.54, 1.807) is 0 Å². The van der Waals surface area contributed by atoms with Crippen LogP contribution in [-0.4, -0.2) is 39.3 Å². The van der Waals surface area contributed by atoms with Crippen molar-refractivity contribution < 1.29 is 12.4 Å². The van der Waals surface area contributed by atoms with Gasteiger partial charge in [-0.15, -0.1) is 0 Å². The Balaban J connectivity index is 4.71. The Morgan fingerprint density at radius 2 is 1.25 bits per heavy atom. The Morgan fingerprint density at radius 1 is 0.800 bits per heavy atom. The Kier molecular flexibility index (Phi) is 8.85. The average Bonchev–Trinajstić information content (AvgIpc) is 2.40. The summed E-state index contributed by atoms with van der Waals surface area (Å²) in [7, 11) is -3.37. The Morgan fingerprint density at radius 3 is 1.65 bits per heavy atom. The molecule has 124 valence electrons. The zero-order valence-electron chi connectivity index (χ0n) is 14.2. The van der Waals surface area contributed by atoms with Crippen LogP contribution in [0.25, 0.3) is 0 Å². The van der Waals surface area contributed by atoms with Crippen molar-refractivity contribution in [3.05, 3.63) is 0 Å². The SMILES string of the molecule is CCCCCCCCP(CC)(CC)(CC)OS(C)(=O)=O. The van der Waals surface area contributed by atoms with Crippen LogP contribution in [-0.2, 0) is 14.1 Å². The van der Waals surface area contributed by atoms with Crippen molar-refractivity contribution >= 4 is 16.9 Å². The third-order valence-corrected chi connectivity index (χ3v) is 13.8. The average molecular weight is 326 g/mol. The second-order valence-electron chi connectivity index (χ2n) is 6.08. The van der Waals surface area contributed by atoms with Gasteiger partial charge < -0.3 is 0 Å². The van der Waals surface area contributed by atoms with E-state index in [0.717, 1.165) is 31.1 Å². The minimum atomic E-state index is -3.37. The molecule has 0 aromatic carbocycles. The van der Waals surface area contributed by atoms with Crippen LogP contribution in [0, 0.1) is 0 Å². The molecule has 0 spiro atoms. The molecule has 0 rings (SSSR count). The molecule has 0 fully saturated rings. The third kappa shape index (κ3) is 6.41. The standard InChI is InChI=1S/C15H35O3PS/c1-6-10-11-12-13-14-15-19(7-2,8-3,9-4)18-20(5,16)17/h6-15H2,1-5H3. The second-order valence-corrected chi connectivity index (χ2v) is 14.1. The van der Waals surface area contributed by atoms with Crippen molar-refractivity contribution in [2.75, 3.05) is 30.9 Å². The van der Waals surface area contributed by atoms with Crippen LogP contribution in [0.2, 0.25) is 0 Å². The molecule has 0 saturated heterocycles. The molecule has 5 heteroatoms. The molecule has 0 saturated carbocycles. The summed E-state index contributed by atoms with van der Waals surface area (Å²) in [6.07, 6.45) is 12.2. The van der Waals surface area contributed by atoms with Gasteiger partial charge in [-0.2, -0.15) is 0 Å². The van der Waals surface area contributed by atoms with Gasteiger partial charge >= 0.3 is 126 Å². The maximum absolute atomic E-state index is 11.7. The quantitative estimate of drug-likeness (QED) is 0.380. The van der Waals surface area contributed by atoms with Gasteiger partial charge in [0, 0.05) is 0 Å². The molecule has 0 atom stereocenters. The van der Waals surface area contributed by atoms with E-state index in [4.69, 9.17) is 3.97 Å². The molecule has 0 aliphatic heterocycles. The van der Waals surface area contributed by atoms with E-state index in [1.165, 1.54) is 38.4 Å². The fourth-order valence-electron chi connectivity index (χ4n) is 3.02. The summed E-state index contributed by atoms with van der Waals surface area (Å²) >= 11 is 0. The van der Waals surface area contributed by atoms with E-state index in [0.29, 0.717) is 0 Å². The predicted octanol–water partition coefficient (Wildman–Crippen LogP) is 4.85. The van der Waals surface area contributed by atoms with Crippen LogP contribution in [0.15, 0.2) is 0 Å². The zero-order chi connectivity index (χ0) is 15.7. The second kappa shape index (κ2) is 8.70. The molecule has 0 N–H and O–H groups in total. The van der Waals surface area contributed by atoms with Crippen molar-refractivity contribution in [1.82, 2.24) is 0 Å². The third-order valence-electron chi connectivity index (χ3n) is 4.82. The van der Waals surface area contributed by atoms with E-state index >= 15 is 0 Å². The molecule has 0 amide bonds. The first-order valence-corrected chi connectivity index (χ1v) is 12.9. The summed E-state index contributed by atoms with van der Waals surface area (Å²) in [6.45, 7) is 5.99. The molecule has 0 heterocycles. The number of unbranched alkanes of at least 4 members (excludes halogenated alkanes) is 5. The summed E-state index contributed by atoms with van der Waals surface area (Å²) in [5.41, 5.74) is 0. The first kappa shape index (κ1) is 20.3. The molecule has 0 unspecified atom stereocenters. The van der Waals surface area contributed by atoms with Gasteiger partial charge in [-0.1, -0.05) is 0 Å². The van der Waals surface area contributed by atoms with E-state index in [-0.39, 0.29) is 0 Å². The van der Waals surface area contributed by atoms with E-state index in [9.17, 15) is 8.42 Å². The fraction of sp³-hybridized carbons (Fsp3) is 1.00. The van der Waals surface area contributed by atoms with E-state index < -0.39 is 16.9 Å². The molecule has 0 aromatic rings. The Bertz CT molecular complexity index is 350. The minimum absolute atomic E-state index is 0.876. The molecule has 0 bridgehead atoms. The van der Waals surface area contributed by atoms with Crippen LogP contribution in [0.1, 0.15) is 66.2 Å². The number of hydrogen-bond donors (Lipinski definition) is 0. The molecule has 0 radical (unpaired) electrons. The topological polar surface area (TPSA) is 43.4 Å². The van der Waals surface area contributed by atoms with Gasteiger partial charge in [0.2, 0.25) is 0 Å². The van der Waals surface area contributed by atoms with Gasteiger partial charge in [-0.05, 0) is 0 Å². The fourth-order valence-corrected chi connectivity index (χ4v) is 11.0. The van der Waals surface area contributed by atoms with Crippen molar-refractivity contribution in [3.8, 4) is 0 Å². The molecule has 0 aliphatic rings. The van der Waals surface area contributed by atoms with Gasteiger partial charge in [0.25, 0.3) is 0 Å². The summed E-state index contributed by atoms with van der Waals surface area (Å²) < 4.78 is 29.2. The monoisotopic (exact) mass is 326 g/mol. The molecule has 0 aromatic heterocycles. The van der Waals surface area contributed by atoms with Crippen LogP contribution in [0.4, 0.5) is 0 Å². The van der Waals surface area contributed by atoms with Crippen LogP contribution >= 0.6 is 6.83 Å². The van der Waals surface area contributed by atoms with Crippen LogP contribution in [0.5, 0.6) is 0 Å². The maximum atomic E-state index is 11.7. The molecule has 0 aliphatic carbocycles. The summed E-state index contributed by atoms with van der Waals surface area (Å²) in [4.78, 5) is 0. The normalized spacial score (nSPS) is 14.9. The Hall–Kier alpha value is 0.340. The number of rotatable bonds is 12. The van der Waals surface area contributed by atoms with E-state index in [1.807, 2.05) is 0 Å².